The van der Waals surface area contributed by atoms with Gasteiger partial charge in [-0.1, -0.05) is 19.9 Å². The first kappa shape index (κ1) is 13.7. The van der Waals surface area contributed by atoms with E-state index in [0.29, 0.717) is 5.88 Å². The second-order valence-corrected chi connectivity index (χ2v) is 6.12. The molecular weight excluding hydrogens is 242 g/mol. The van der Waals surface area contributed by atoms with Gasteiger partial charge < -0.3 is 4.90 Å². The van der Waals surface area contributed by atoms with Gasteiger partial charge in [-0.05, 0) is 55.4 Å². The highest BCUT2D eigenvalue weighted by molar-refractivity contribution is 6.17. The third kappa shape index (κ3) is 3.41. The molecule has 2 rings (SSSR count). The number of benzene rings is 1. The topological polar surface area (TPSA) is 3.24 Å². The van der Waals surface area contributed by atoms with Gasteiger partial charge in [-0.15, -0.1) is 11.6 Å². The summed E-state index contributed by atoms with van der Waals surface area (Å²) in [7, 11) is 0. The van der Waals surface area contributed by atoms with E-state index in [1.807, 2.05) is 0 Å². The summed E-state index contributed by atoms with van der Waals surface area (Å²) in [5.74, 6) is 1.39. The van der Waals surface area contributed by atoms with Crippen LogP contribution in [0.15, 0.2) is 18.2 Å². The molecule has 0 spiro atoms. The summed E-state index contributed by atoms with van der Waals surface area (Å²) in [6.07, 6.45) is 3.98. The maximum absolute atomic E-state index is 5.93. The second-order valence-electron chi connectivity index (χ2n) is 5.85. The third-order valence-electron chi connectivity index (χ3n) is 3.74. The SMILES string of the molecule is Cc1cc(N(CCC(C)C)C2CC2)ccc1CCl. The molecule has 0 aliphatic heterocycles. The zero-order chi connectivity index (χ0) is 13.1. The molecule has 1 fully saturated rings. The third-order valence-corrected chi connectivity index (χ3v) is 4.02. The summed E-state index contributed by atoms with van der Waals surface area (Å²) in [5.41, 5.74) is 3.95. The fourth-order valence-corrected chi connectivity index (χ4v) is 2.61. The molecule has 2 heteroatoms. The summed E-state index contributed by atoms with van der Waals surface area (Å²) >= 11 is 5.93. The molecule has 0 aromatic heterocycles. The Hall–Kier alpha value is -0.690. The lowest BCUT2D eigenvalue weighted by Gasteiger charge is -2.26. The Morgan fingerprint density at radius 1 is 1.33 bits per heavy atom. The quantitative estimate of drug-likeness (QED) is 0.671. The fraction of sp³-hybridized carbons (Fsp3) is 0.625. The Morgan fingerprint density at radius 2 is 2.06 bits per heavy atom. The first-order chi connectivity index (χ1) is 8.61. The number of anilines is 1. The largest absolute Gasteiger partial charge is 0.369 e. The molecular formula is C16H24ClN. The van der Waals surface area contributed by atoms with Crippen molar-refractivity contribution in [2.24, 2.45) is 5.92 Å². The lowest BCUT2D eigenvalue weighted by atomic mass is 10.1. The van der Waals surface area contributed by atoms with E-state index in [9.17, 15) is 0 Å². The Bertz CT molecular complexity index is 396. The Morgan fingerprint density at radius 3 is 2.56 bits per heavy atom. The van der Waals surface area contributed by atoms with Crippen LogP contribution in [0.3, 0.4) is 0 Å². The van der Waals surface area contributed by atoms with Crippen LogP contribution in [0.1, 0.15) is 44.2 Å². The lowest BCUT2D eigenvalue weighted by Crippen LogP contribution is -2.27. The van der Waals surface area contributed by atoms with Crippen molar-refractivity contribution < 1.29 is 0 Å². The maximum Gasteiger partial charge on any atom is 0.0476 e. The van der Waals surface area contributed by atoms with Crippen molar-refractivity contribution in [2.75, 3.05) is 11.4 Å². The fourth-order valence-electron chi connectivity index (χ4n) is 2.31. The summed E-state index contributed by atoms with van der Waals surface area (Å²) < 4.78 is 0. The van der Waals surface area contributed by atoms with Crippen LogP contribution in [0.2, 0.25) is 0 Å². The van der Waals surface area contributed by atoms with Crippen LogP contribution >= 0.6 is 11.6 Å². The minimum atomic E-state index is 0.613. The van der Waals surface area contributed by atoms with E-state index in [4.69, 9.17) is 11.6 Å². The molecule has 1 aromatic carbocycles. The van der Waals surface area contributed by atoms with E-state index in [2.05, 4.69) is 43.9 Å². The number of hydrogen-bond donors (Lipinski definition) is 0. The molecule has 0 N–H and O–H groups in total. The standard InChI is InChI=1S/C16H24ClN/c1-12(2)8-9-18(15-6-7-15)16-5-4-14(11-17)13(3)10-16/h4-5,10,12,15H,6-9,11H2,1-3H3. The van der Waals surface area contributed by atoms with E-state index >= 15 is 0 Å². The summed E-state index contributed by atoms with van der Waals surface area (Å²) in [4.78, 5) is 2.59. The van der Waals surface area contributed by atoms with Gasteiger partial charge >= 0.3 is 0 Å². The number of halogens is 1. The van der Waals surface area contributed by atoms with Crippen LogP contribution in [0, 0.1) is 12.8 Å². The molecule has 0 unspecified atom stereocenters. The molecule has 1 aliphatic carbocycles. The van der Waals surface area contributed by atoms with Gasteiger partial charge in [-0.3, -0.25) is 0 Å². The van der Waals surface area contributed by atoms with Gasteiger partial charge in [-0.25, -0.2) is 0 Å². The van der Waals surface area contributed by atoms with E-state index in [1.165, 1.54) is 42.6 Å². The first-order valence-electron chi connectivity index (χ1n) is 7.04. The highest BCUT2D eigenvalue weighted by Gasteiger charge is 2.29. The summed E-state index contributed by atoms with van der Waals surface area (Å²) in [6.45, 7) is 7.94. The predicted molar refractivity (Wildman–Crippen MR) is 80.6 cm³/mol. The number of hydrogen-bond acceptors (Lipinski definition) is 1. The molecule has 0 radical (unpaired) electrons. The van der Waals surface area contributed by atoms with E-state index in [-0.39, 0.29) is 0 Å². The molecule has 100 valence electrons. The van der Waals surface area contributed by atoms with Gasteiger partial charge in [0.25, 0.3) is 0 Å². The van der Waals surface area contributed by atoms with E-state index in [0.717, 1.165) is 12.0 Å². The van der Waals surface area contributed by atoms with Gasteiger partial charge in [-0.2, -0.15) is 0 Å². The molecule has 0 saturated heterocycles. The van der Waals surface area contributed by atoms with Crippen molar-refractivity contribution in [3.05, 3.63) is 29.3 Å². The number of nitrogens with zero attached hydrogens (tertiary/aromatic N) is 1. The molecule has 0 atom stereocenters. The van der Waals surface area contributed by atoms with Gasteiger partial charge in [0.2, 0.25) is 0 Å². The lowest BCUT2D eigenvalue weighted by molar-refractivity contribution is 0.570. The van der Waals surface area contributed by atoms with Gasteiger partial charge in [0, 0.05) is 24.2 Å². The van der Waals surface area contributed by atoms with E-state index in [1.54, 1.807) is 0 Å². The Balaban J connectivity index is 2.12. The first-order valence-corrected chi connectivity index (χ1v) is 7.57. The molecule has 0 heterocycles. The zero-order valence-electron chi connectivity index (χ0n) is 11.7. The monoisotopic (exact) mass is 265 g/mol. The molecule has 1 saturated carbocycles. The number of alkyl halides is 1. The molecule has 1 aromatic rings. The molecule has 18 heavy (non-hydrogen) atoms. The molecule has 0 amide bonds. The number of rotatable bonds is 6. The van der Waals surface area contributed by atoms with Crippen molar-refractivity contribution in [1.82, 2.24) is 0 Å². The average Bonchev–Trinajstić information content (AvgIpc) is 3.13. The van der Waals surface area contributed by atoms with Gasteiger partial charge in [0.15, 0.2) is 0 Å². The van der Waals surface area contributed by atoms with Crippen LogP contribution in [0.5, 0.6) is 0 Å². The smallest absolute Gasteiger partial charge is 0.0476 e. The maximum atomic E-state index is 5.93. The van der Waals surface area contributed by atoms with Crippen LogP contribution in [-0.2, 0) is 5.88 Å². The summed E-state index contributed by atoms with van der Waals surface area (Å²) in [5, 5.41) is 0. The van der Waals surface area contributed by atoms with Crippen molar-refractivity contribution in [1.29, 1.82) is 0 Å². The zero-order valence-corrected chi connectivity index (χ0v) is 12.5. The van der Waals surface area contributed by atoms with Crippen LogP contribution in [-0.4, -0.2) is 12.6 Å². The highest BCUT2D eigenvalue weighted by Crippen LogP contribution is 2.33. The molecule has 0 bridgehead atoms. The van der Waals surface area contributed by atoms with Crippen LogP contribution in [0.4, 0.5) is 5.69 Å². The van der Waals surface area contributed by atoms with Crippen molar-refractivity contribution in [2.45, 2.75) is 52.0 Å². The summed E-state index contributed by atoms with van der Waals surface area (Å²) in [6, 6.07) is 7.51. The minimum absolute atomic E-state index is 0.613. The van der Waals surface area contributed by atoms with Gasteiger partial charge in [0.1, 0.15) is 0 Å². The van der Waals surface area contributed by atoms with Gasteiger partial charge in [0.05, 0.1) is 0 Å². The Labute approximate surface area is 116 Å². The van der Waals surface area contributed by atoms with Crippen LogP contribution < -0.4 is 4.90 Å². The van der Waals surface area contributed by atoms with Crippen molar-refractivity contribution in [3.8, 4) is 0 Å². The molecule has 1 aliphatic rings. The van der Waals surface area contributed by atoms with E-state index < -0.39 is 0 Å². The van der Waals surface area contributed by atoms with Crippen LogP contribution in [0.25, 0.3) is 0 Å². The second kappa shape index (κ2) is 5.97. The highest BCUT2D eigenvalue weighted by atomic mass is 35.5. The van der Waals surface area contributed by atoms with Crippen molar-refractivity contribution >= 4 is 17.3 Å². The predicted octanol–water partition coefficient (Wildman–Crippen LogP) is 4.75. The van der Waals surface area contributed by atoms with Crippen molar-refractivity contribution in [3.63, 3.8) is 0 Å². The molecule has 1 nitrogen and oxygen atoms in total. The number of aryl methyl sites for hydroxylation is 1. The average molecular weight is 266 g/mol. The minimum Gasteiger partial charge on any atom is -0.369 e. The Kier molecular flexibility index (Phi) is 4.55. The normalized spacial score (nSPS) is 15.2.